The van der Waals surface area contributed by atoms with E-state index in [0.717, 1.165) is 77.0 Å². The third-order valence-electron chi connectivity index (χ3n) is 12.6. The summed E-state index contributed by atoms with van der Waals surface area (Å²) in [5.41, 5.74) is 0. The molecule has 0 aromatic carbocycles. The molecule has 6 nitrogen and oxygen atoms in total. The number of hydrogen-bond donors (Lipinski definition) is 3. The van der Waals surface area contributed by atoms with Gasteiger partial charge in [-0.2, -0.15) is 0 Å². The Morgan fingerprint density at radius 2 is 0.783 bits per heavy atom. The van der Waals surface area contributed by atoms with Crippen LogP contribution in [-0.4, -0.2) is 47.4 Å². The highest BCUT2D eigenvalue weighted by molar-refractivity contribution is 5.76. The normalized spacial score (nSPS) is 12.7. The Morgan fingerprint density at radius 3 is 1.18 bits per heavy atom. The molecule has 0 heterocycles. The zero-order valence-corrected chi connectivity index (χ0v) is 40.5. The quantitative estimate of drug-likeness (QED) is 0.0322. The molecule has 356 valence electrons. The Hall–Kier alpha value is -1.40. The van der Waals surface area contributed by atoms with Gasteiger partial charge in [0.05, 0.1) is 25.4 Å². The predicted molar refractivity (Wildman–Crippen MR) is 260 cm³/mol. The Labute approximate surface area is 374 Å². The minimum atomic E-state index is -0.680. The van der Waals surface area contributed by atoms with Gasteiger partial charge in [0.15, 0.2) is 0 Å². The van der Waals surface area contributed by atoms with Crippen LogP contribution in [0.3, 0.4) is 0 Å². The first-order chi connectivity index (χ1) is 29.5. The maximum atomic E-state index is 12.5. The molecule has 0 aliphatic carbocycles. The zero-order valence-electron chi connectivity index (χ0n) is 40.5. The number of allylic oxidation sites excluding steroid dienone is 2. The highest BCUT2D eigenvalue weighted by Crippen LogP contribution is 2.17. The van der Waals surface area contributed by atoms with Gasteiger partial charge in [-0.3, -0.25) is 9.59 Å². The van der Waals surface area contributed by atoms with Gasteiger partial charge >= 0.3 is 5.97 Å². The summed E-state index contributed by atoms with van der Waals surface area (Å²) in [4.78, 5) is 24.4. The van der Waals surface area contributed by atoms with Crippen LogP contribution in [0.1, 0.15) is 296 Å². The van der Waals surface area contributed by atoms with E-state index in [9.17, 15) is 19.8 Å². The summed E-state index contributed by atoms with van der Waals surface area (Å²) in [7, 11) is 0. The number of aliphatic hydroxyl groups excluding tert-OH is 2. The lowest BCUT2D eigenvalue weighted by Crippen LogP contribution is -2.45. The van der Waals surface area contributed by atoms with Gasteiger partial charge in [0.25, 0.3) is 0 Å². The van der Waals surface area contributed by atoms with Gasteiger partial charge in [-0.25, -0.2) is 0 Å². The van der Waals surface area contributed by atoms with E-state index in [1.807, 2.05) is 0 Å². The molecule has 0 saturated carbocycles. The minimum absolute atomic E-state index is 0.0224. The molecule has 0 aromatic rings. The fourth-order valence-corrected chi connectivity index (χ4v) is 8.40. The SMILES string of the molecule is CCCCCCCCCCCCCCCCCCCCCCC(O)C(CO)NC(=O)CCCCCCC/C=C\CCCCCOC(=O)CCCCCCCCCCCCC. The molecule has 0 saturated heterocycles. The first kappa shape index (κ1) is 58.6. The van der Waals surface area contributed by atoms with Crippen LogP contribution in [0.4, 0.5) is 0 Å². The summed E-state index contributed by atoms with van der Waals surface area (Å²) in [6.45, 7) is 4.90. The van der Waals surface area contributed by atoms with Crippen LogP contribution >= 0.6 is 0 Å². The Balaban J connectivity index is 3.50. The number of unbranched alkanes of at least 4 members (excludes halogenated alkanes) is 37. The number of carbonyl (C=O) groups excluding carboxylic acids is 2. The second-order valence-electron chi connectivity index (χ2n) is 18.6. The van der Waals surface area contributed by atoms with E-state index in [4.69, 9.17) is 4.74 Å². The monoisotopic (exact) mass is 848 g/mol. The van der Waals surface area contributed by atoms with Crippen molar-refractivity contribution in [1.82, 2.24) is 5.32 Å². The summed E-state index contributed by atoms with van der Waals surface area (Å²) in [5, 5.41) is 23.3. The van der Waals surface area contributed by atoms with Crippen LogP contribution in [-0.2, 0) is 14.3 Å². The second-order valence-corrected chi connectivity index (χ2v) is 18.6. The molecule has 0 aliphatic rings. The van der Waals surface area contributed by atoms with Gasteiger partial charge < -0.3 is 20.3 Å². The molecule has 2 unspecified atom stereocenters. The van der Waals surface area contributed by atoms with Crippen LogP contribution in [0.2, 0.25) is 0 Å². The van der Waals surface area contributed by atoms with Crippen LogP contribution < -0.4 is 5.32 Å². The third-order valence-corrected chi connectivity index (χ3v) is 12.6. The maximum absolute atomic E-state index is 12.5. The summed E-state index contributed by atoms with van der Waals surface area (Å²) >= 11 is 0. The van der Waals surface area contributed by atoms with Crippen LogP contribution in [0, 0.1) is 0 Å². The fourth-order valence-electron chi connectivity index (χ4n) is 8.40. The van der Waals surface area contributed by atoms with Gasteiger partial charge in [0, 0.05) is 12.8 Å². The fraction of sp³-hybridized carbons (Fsp3) is 0.926. The molecular formula is C54H105NO5. The van der Waals surface area contributed by atoms with E-state index in [1.165, 1.54) is 186 Å². The van der Waals surface area contributed by atoms with Crippen molar-refractivity contribution in [3.8, 4) is 0 Å². The first-order valence-electron chi connectivity index (χ1n) is 26.9. The van der Waals surface area contributed by atoms with Crippen molar-refractivity contribution in [2.75, 3.05) is 13.2 Å². The van der Waals surface area contributed by atoms with Crippen LogP contribution in [0.5, 0.6) is 0 Å². The molecule has 2 atom stereocenters. The molecule has 0 rings (SSSR count). The van der Waals surface area contributed by atoms with Crippen molar-refractivity contribution in [3.63, 3.8) is 0 Å². The van der Waals surface area contributed by atoms with E-state index < -0.39 is 12.1 Å². The number of esters is 1. The smallest absolute Gasteiger partial charge is 0.305 e. The molecule has 0 aromatic heterocycles. The number of nitrogens with one attached hydrogen (secondary N) is 1. The molecule has 0 spiro atoms. The largest absolute Gasteiger partial charge is 0.466 e. The lowest BCUT2D eigenvalue weighted by Gasteiger charge is -2.22. The summed E-state index contributed by atoms with van der Waals surface area (Å²) in [6, 6.07) is -0.559. The van der Waals surface area contributed by atoms with E-state index >= 15 is 0 Å². The van der Waals surface area contributed by atoms with E-state index in [2.05, 4.69) is 31.3 Å². The Bertz CT molecular complexity index is 893. The van der Waals surface area contributed by atoms with Gasteiger partial charge in [-0.05, 0) is 57.8 Å². The number of carbonyl (C=O) groups is 2. The summed E-state index contributed by atoms with van der Waals surface area (Å²) in [6.07, 6.45) is 57.6. The Kier molecular flexibility index (Phi) is 49.1. The topological polar surface area (TPSA) is 95.9 Å². The number of hydrogen-bond acceptors (Lipinski definition) is 5. The van der Waals surface area contributed by atoms with Crippen molar-refractivity contribution in [2.45, 2.75) is 309 Å². The number of rotatable bonds is 50. The van der Waals surface area contributed by atoms with Gasteiger partial charge in [-0.1, -0.05) is 238 Å². The molecule has 6 heteroatoms. The lowest BCUT2D eigenvalue weighted by atomic mass is 10.0. The highest BCUT2D eigenvalue weighted by atomic mass is 16.5. The van der Waals surface area contributed by atoms with Crippen molar-refractivity contribution in [1.29, 1.82) is 0 Å². The van der Waals surface area contributed by atoms with E-state index in [-0.39, 0.29) is 18.5 Å². The predicted octanol–water partition coefficient (Wildman–Crippen LogP) is 16.1. The molecule has 60 heavy (non-hydrogen) atoms. The second kappa shape index (κ2) is 50.2. The molecule has 0 bridgehead atoms. The van der Waals surface area contributed by atoms with Crippen molar-refractivity contribution in [2.24, 2.45) is 0 Å². The van der Waals surface area contributed by atoms with Gasteiger partial charge in [0.2, 0.25) is 5.91 Å². The number of amides is 1. The van der Waals surface area contributed by atoms with Crippen LogP contribution in [0.25, 0.3) is 0 Å². The van der Waals surface area contributed by atoms with Gasteiger partial charge in [0.1, 0.15) is 0 Å². The lowest BCUT2D eigenvalue weighted by molar-refractivity contribution is -0.143. The average molecular weight is 848 g/mol. The zero-order chi connectivity index (χ0) is 43.7. The summed E-state index contributed by atoms with van der Waals surface area (Å²) in [5.74, 6) is -0.0805. The number of ether oxygens (including phenoxy) is 1. The number of aliphatic hydroxyl groups is 2. The maximum Gasteiger partial charge on any atom is 0.305 e. The van der Waals surface area contributed by atoms with Crippen molar-refractivity contribution in [3.05, 3.63) is 12.2 Å². The standard InChI is InChI=1S/C54H105NO5/c1-3-5-7-9-11-13-15-16-17-18-19-20-21-22-23-27-30-34-38-42-46-52(57)51(50-56)55-53(58)47-43-39-35-31-28-24-25-29-33-37-41-45-49-60-54(59)48-44-40-36-32-26-14-12-10-8-6-4-2/h25,29,51-52,56-57H,3-24,26-28,30-50H2,1-2H3,(H,55,58)/b29-25-. The van der Waals surface area contributed by atoms with E-state index in [0.29, 0.717) is 25.9 Å². The van der Waals surface area contributed by atoms with E-state index in [1.54, 1.807) is 0 Å². The van der Waals surface area contributed by atoms with Crippen molar-refractivity contribution < 1.29 is 24.5 Å². The molecule has 0 aliphatic heterocycles. The van der Waals surface area contributed by atoms with Gasteiger partial charge in [-0.15, -0.1) is 0 Å². The molecule has 1 amide bonds. The first-order valence-corrected chi connectivity index (χ1v) is 26.9. The Morgan fingerprint density at radius 1 is 0.450 bits per heavy atom. The summed E-state index contributed by atoms with van der Waals surface area (Å²) < 4.78 is 5.43. The highest BCUT2D eigenvalue weighted by Gasteiger charge is 2.20. The molecule has 3 N–H and O–H groups in total. The molecule has 0 fully saturated rings. The molecular weight excluding hydrogens is 743 g/mol. The minimum Gasteiger partial charge on any atom is -0.466 e. The van der Waals surface area contributed by atoms with Crippen LogP contribution in [0.15, 0.2) is 12.2 Å². The molecule has 0 radical (unpaired) electrons. The average Bonchev–Trinajstić information content (AvgIpc) is 3.25. The van der Waals surface area contributed by atoms with Crippen molar-refractivity contribution >= 4 is 11.9 Å². The third kappa shape index (κ3) is 46.1.